The maximum atomic E-state index is 12.1. The van der Waals surface area contributed by atoms with Gasteiger partial charge in [0.25, 0.3) is 21.4 Å². The zero-order valence-corrected chi connectivity index (χ0v) is 13.6. The number of nitrogens with one attached hydrogen (secondary N) is 1. The third kappa shape index (κ3) is 4.35. The van der Waals surface area contributed by atoms with Crippen molar-refractivity contribution in [1.82, 2.24) is 4.83 Å². The van der Waals surface area contributed by atoms with Gasteiger partial charge in [-0.1, -0.05) is 18.2 Å². The van der Waals surface area contributed by atoms with Crippen LogP contribution in [-0.4, -0.2) is 24.5 Å². The van der Waals surface area contributed by atoms with Gasteiger partial charge in [0.05, 0.1) is 21.0 Å². The van der Waals surface area contributed by atoms with Gasteiger partial charge in [-0.25, -0.2) is 4.83 Å². The second-order valence-corrected chi connectivity index (χ2v) is 6.57. The van der Waals surface area contributed by atoms with Crippen LogP contribution in [0.3, 0.4) is 0 Å². The lowest BCUT2D eigenvalue weighted by molar-refractivity contribution is -0.385. The molecular formula is C14H12N4O6S. The summed E-state index contributed by atoms with van der Waals surface area (Å²) in [6.07, 6.45) is 1.09. The molecule has 0 aliphatic heterocycles. The van der Waals surface area contributed by atoms with E-state index in [1.165, 1.54) is 43.3 Å². The number of hydrogen-bond acceptors (Lipinski definition) is 7. The molecule has 0 amide bonds. The van der Waals surface area contributed by atoms with Crippen LogP contribution in [0.4, 0.5) is 11.4 Å². The van der Waals surface area contributed by atoms with Crippen LogP contribution in [0.15, 0.2) is 52.5 Å². The summed E-state index contributed by atoms with van der Waals surface area (Å²) in [4.78, 5) is 21.9. The molecule has 0 aliphatic rings. The number of nitro groups is 2. The number of aryl methyl sites for hydroxylation is 1. The number of benzene rings is 2. The molecule has 130 valence electrons. The van der Waals surface area contributed by atoms with Crippen LogP contribution in [0.5, 0.6) is 0 Å². The van der Waals surface area contributed by atoms with E-state index in [-0.39, 0.29) is 16.3 Å². The molecule has 0 spiro atoms. The Morgan fingerprint density at radius 1 is 1.08 bits per heavy atom. The molecule has 0 saturated heterocycles. The number of sulfonamides is 1. The standard InChI is InChI=1S/C14H12N4O6S/c1-10-5-6-13(8-14(10)18(21)22)25(23,24)16-15-9-11-3-2-4-12(7-11)17(19)20/h2-9,16H,1H3/b15-9+. The van der Waals surface area contributed by atoms with E-state index in [0.29, 0.717) is 11.1 Å². The molecule has 11 heteroatoms. The molecule has 0 saturated carbocycles. The molecule has 0 atom stereocenters. The average Bonchev–Trinajstić information content (AvgIpc) is 2.54. The van der Waals surface area contributed by atoms with Gasteiger partial charge in [-0.2, -0.15) is 13.5 Å². The average molecular weight is 364 g/mol. The Labute approximate surface area is 142 Å². The molecule has 0 fully saturated rings. The molecular weight excluding hydrogens is 352 g/mol. The highest BCUT2D eigenvalue weighted by Gasteiger charge is 2.19. The molecule has 0 aliphatic carbocycles. The molecule has 2 aromatic carbocycles. The zero-order valence-electron chi connectivity index (χ0n) is 12.8. The topological polar surface area (TPSA) is 145 Å². The van der Waals surface area contributed by atoms with Crippen molar-refractivity contribution in [2.75, 3.05) is 0 Å². The first-order valence-corrected chi connectivity index (χ1v) is 8.23. The van der Waals surface area contributed by atoms with Crippen molar-refractivity contribution >= 4 is 27.6 Å². The van der Waals surface area contributed by atoms with Crippen LogP contribution in [0.1, 0.15) is 11.1 Å². The molecule has 1 N–H and O–H groups in total. The van der Waals surface area contributed by atoms with Gasteiger partial charge in [-0.3, -0.25) is 20.2 Å². The van der Waals surface area contributed by atoms with Crippen LogP contribution in [0.25, 0.3) is 0 Å². The van der Waals surface area contributed by atoms with Gasteiger partial charge in [0.1, 0.15) is 0 Å². The highest BCUT2D eigenvalue weighted by atomic mass is 32.2. The van der Waals surface area contributed by atoms with Gasteiger partial charge in [0.15, 0.2) is 0 Å². The molecule has 0 aromatic heterocycles. The van der Waals surface area contributed by atoms with Gasteiger partial charge in [-0.05, 0) is 13.0 Å². The number of nitrogens with zero attached hydrogens (tertiary/aromatic N) is 3. The molecule has 0 unspecified atom stereocenters. The third-order valence-electron chi connectivity index (χ3n) is 3.16. The summed E-state index contributed by atoms with van der Waals surface area (Å²) >= 11 is 0. The smallest absolute Gasteiger partial charge is 0.258 e. The highest BCUT2D eigenvalue weighted by Crippen LogP contribution is 2.22. The fraction of sp³-hybridized carbons (Fsp3) is 0.0714. The van der Waals surface area contributed by atoms with E-state index in [1.807, 2.05) is 4.83 Å². The first kappa shape index (κ1) is 18.0. The Balaban J connectivity index is 2.22. The number of non-ortho nitro benzene ring substituents is 1. The summed E-state index contributed by atoms with van der Waals surface area (Å²) in [5, 5.41) is 25.1. The van der Waals surface area contributed by atoms with E-state index < -0.39 is 19.9 Å². The summed E-state index contributed by atoms with van der Waals surface area (Å²) in [6, 6.07) is 8.89. The summed E-state index contributed by atoms with van der Waals surface area (Å²) in [7, 11) is -4.12. The summed E-state index contributed by atoms with van der Waals surface area (Å²) in [5.41, 5.74) is 0.141. The van der Waals surface area contributed by atoms with E-state index in [0.717, 1.165) is 12.3 Å². The number of nitro benzene ring substituents is 2. The van der Waals surface area contributed by atoms with Crippen molar-refractivity contribution in [2.24, 2.45) is 5.10 Å². The van der Waals surface area contributed by atoms with Crippen LogP contribution in [0, 0.1) is 27.2 Å². The minimum atomic E-state index is -4.12. The maximum absolute atomic E-state index is 12.1. The largest absolute Gasteiger partial charge is 0.276 e. The highest BCUT2D eigenvalue weighted by molar-refractivity contribution is 7.89. The number of hydrazone groups is 1. The second-order valence-electron chi connectivity index (χ2n) is 4.91. The van der Waals surface area contributed by atoms with Crippen LogP contribution in [-0.2, 0) is 10.0 Å². The Kier molecular flexibility index (Phi) is 5.08. The predicted molar refractivity (Wildman–Crippen MR) is 88.8 cm³/mol. The maximum Gasteiger partial charge on any atom is 0.276 e. The van der Waals surface area contributed by atoms with E-state index in [9.17, 15) is 28.6 Å². The summed E-state index contributed by atoms with van der Waals surface area (Å²) in [5.74, 6) is 0. The fourth-order valence-electron chi connectivity index (χ4n) is 1.89. The van der Waals surface area contributed by atoms with Crippen LogP contribution >= 0.6 is 0 Å². The predicted octanol–water partition coefficient (Wildman–Crippen LogP) is 2.12. The molecule has 2 rings (SSSR count). The van der Waals surface area contributed by atoms with Gasteiger partial charge in [-0.15, -0.1) is 0 Å². The Morgan fingerprint density at radius 3 is 2.44 bits per heavy atom. The first-order valence-electron chi connectivity index (χ1n) is 6.75. The van der Waals surface area contributed by atoms with Crippen molar-refractivity contribution < 1.29 is 18.3 Å². The minimum absolute atomic E-state index is 0.166. The molecule has 0 heterocycles. The lowest BCUT2D eigenvalue weighted by atomic mass is 10.2. The monoisotopic (exact) mass is 364 g/mol. The van der Waals surface area contributed by atoms with E-state index in [1.54, 1.807) is 0 Å². The number of hydrogen-bond donors (Lipinski definition) is 1. The van der Waals surface area contributed by atoms with Crippen LogP contribution < -0.4 is 4.83 Å². The molecule has 0 bridgehead atoms. The van der Waals surface area contributed by atoms with Gasteiger partial charge < -0.3 is 0 Å². The molecule has 25 heavy (non-hydrogen) atoms. The lowest BCUT2D eigenvalue weighted by Crippen LogP contribution is -2.18. The van der Waals surface area contributed by atoms with Gasteiger partial charge >= 0.3 is 0 Å². The first-order chi connectivity index (χ1) is 11.7. The molecule has 0 radical (unpaired) electrons. The SMILES string of the molecule is Cc1ccc(S(=O)(=O)N/N=C/c2cccc([N+](=O)[O-])c2)cc1[N+](=O)[O-]. The van der Waals surface area contributed by atoms with Crippen LogP contribution in [0.2, 0.25) is 0 Å². The summed E-state index contributed by atoms with van der Waals surface area (Å²) < 4.78 is 24.3. The van der Waals surface area contributed by atoms with Crippen molar-refractivity contribution in [3.8, 4) is 0 Å². The Bertz CT molecular complexity index is 971. The van der Waals surface area contributed by atoms with Gasteiger partial charge in [0, 0.05) is 29.3 Å². The van der Waals surface area contributed by atoms with E-state index in [4.69, 9.17) is 0 Å². The van der Waals surface area contributed by atoms with E-state index in [2.05, 4.69) is 5.10 Å². The molecule has 2 aromatic rings. The lowest BCUT2D eigenvalue weighted by Gasteiger charge is -2.04. The minimum Gasteiger partial charge on any atom is -0.258 e. The Morgan fingerprint density at radius 2 is 1.80 bits per heavy atom. The fourth-order valence-corrected chi connectivity index (χ4v) is 2.71. The van der Waals surface area contributed by atoms with Gasteiger partial charge in [0.2, 0.25) is 0 Å². The van der Waals surface area contributed by atoms with Crippen molar-refractivity contribution in [1.29, 1.82) is 0 Å². The quantitative estimate of drug-likeness (QED) is 0.472. The second kappa shape index (κ2) is 7.05. The van der Waals surface area contributed by atoms with Crippen molar-refractivity contribution in [3.05, 3.63) is 73.8 Å². The normalized spacial score (nSPS) is 11.4. The molecule has 10 nitrogen and oxygen atoms in total. The third-order valence-corrected chi connectivity index (χ3v) is 4.38. The Hall–Kier alpha value is -3.34. The van der Waals surface area contributed by atoms with E-state index >= 15 is 0 Å². The van der Waals surface area contributed by atoms with Crippen molar-refractivity contribution in [2.45, 2.75) is 11.8 Å². The number of rotatable bonds is 6. The summed E-state index contributed by atoms with van der Waals surface area (Å²) in [6.45, 7) is 1.49. The zero-order chi connectivity index (χ0) is 18.6. The van der Waals surface area contributed by atoms with Crippen molar-refractivity contribution in [3.63, 3.8) is 0 Å².